The van der Waals surface area contributed by atoms with Gasteiger partial charge in [0.15, 0.2) is 0 Å². The first kappa shape index (κ1) is 23.3. The molecule has 8 nitrogen and oxygen atoms in total. The van der Waals surface area contributed by atoms with E-state index in [1.54, 1.807) is 24.0 Å². The van der Waals surface area contributed by atoms with Crippen molar-refractivity contribution in [2.45, 2.75) is 30.7 Å². The summed E-state index contributed by atoms with van der Waals surface area (Å²) in [7, 11) is -3.74. The lowest BCUT2D eigenvalue weighted by Gasteiger charge is -2.35. The summed E-state index contributed by atoms with van der Waals surface area (Å²) in [6.45, 7) is 4.54. The molecule has 1 aromatic rings. The van der Waals surface area contributed by atoms with Crippen molar-refractivity contribution in [1.29, 1.82) is 0 Å². The van der Waals surface area contributed by atoms with E-state index in [2.05, 4.69) is 5.32 Å². The molecule has 30 heavy (non-hydrogen) atoms. The highest BCUT2D eigenvalue weighted by Crippen LogP contribution is 2.31. The Bertz CT molecular complexity index is 896. The van der Waals surface area contributed by atoms with Crippen molar-refractivity contribution in [3.8, 4) is 0 Å². The number of nitrogens with zero attached hydrogens (tertiary/aromatic N) is 3. The van der Waals surface area contributed by atoms with Crippen molar-refractivity contribution in [2.75, 3.05) is 45.8 Å². The zero-order valence-corrected chi connectivity index (χ0v) is 19.1. The summed E-state index contributed by atoms with van der Waals surface area (Å²) in [6.07, 6.45) is 1.50. The Kier molecular flexibility index (Phi) is 7.62. The van der Waals surface area contributed by atoms with Crippen LogP contribution in [-0.4, -0.2) is 86.2 Å². The lowest BCUT2D eigenvalue weighted by Crippen LogP contribution is -2.52. The third kappa shape index (κ3) is 5.45. The first-order chi connectivity index (χ1) is 14.2. The van der Waals surface area contributed by atoms with E-state index < -0.39 is 10.0 Å². The number of carbonyl (C=O) groups is 2. The third-order valence-electron chi connectivity index (χ3n) is 5.54. The normalized spacial score (nSPS) is 19.6. The van der Waals surface area contributed by atoms with Crippen molar-refractivity contribution in [3.05, 3.63) is 28.2 Å². The number of hydrogen-bond donors (Lipinski definition) is 1. The SMILES string of the molecule is CC(=O)N1CCC(NC(=O)CN2CCN(S(=O)(=O)c3cccc(Cl)c3Cl)CC2)CC1. The maximum atomic E-state index is 12.9. The second kappa shape index (κ2) is 9.82. The van der Waals surface area contributed by atoms with E-state index in [4.69, 9.17) is 23.2 Å². The number of piperazine rings is 1. The van der Waals surface area contributed by atoms with Gasteiger partial charge in [0, 0.05) is 52.2 Å². The van der Waals surface area contributed by atoms with Gasteiger partial charge in [-0.25, -0.2) is 8.42 Å². The van der Waals surface area contributed by atoms with Crippen LogP contribution in [-0.2, 0) is 19.6 Å². The number of carbonyl (C=O) groups excluding carboxylic acids is 2. The lowest BCUT2D eigenvalue weighted by molar-refractivity contribution is -0.130. The highest BCUT2D eigenvalue weighted by molar-refractivity contribution is 7.89. The van der Waals surface area contributed by atoms with Gasteiger partial charge in [-0.3, -0.25) is 14.5 Å². The number of hydrogen-bond acceptors (Lipinski definition) is 5. The van der Waals surface area contributed by atoms with Gasteiger partial charge in [0.1, 0.15) is 4.90 Å². The summed E-state index contributed by atoms with van der Waals surface area (Å²) in [5, 5.41) is 3.25. The molecule has 1 N–H and O–H groups in total. The molecule has 0 bridgehead atoms. The Morgan fingerprint density at radius 3 is 2.30 bits per heavy atom. The predicted octanol–water partition coefficient (Wildman–Crippen LogP) is 1.43. The molecule has 2 saturated heterocycles. The average Bonchev–Trinajstić information content (AvgIpc) is 2.70. The summed E-state index contributed by atoms with van der Waals surface area (Å²) >= 11 is 12.0. The van der Waals surface area contributed by atoms with Crippen molar-refractivity contribution in [2.24, 2.45) is 0 Å². The summed E-state index contributed by atoms with van der Waals surface area (Å²) in [6, 6.07) is 4.62. The Morgan fingerprint density at radius 1 is 1.07 bits per heavy atom. The van der Waals surface area contributed by atoms with Crippen LogP contribution in [0.5, 0.6) is 0 Å². The molecule has 2 heterocycles. The molecule has 2 aliphatic heterocycles. The maximum absolute atomic E-state index is 12.9. The van der Waals surface area contributed by atoms with Crippen molar-refractivity contribution >= 4 is 45.0 Å². The minimum atomic E-state index is -3.74. The standard InChI is InChI=1S/C19H26Cl2N4O4S/c1-14(26)24-7-5-15(6-8-24)22-18(27)13-23-9-11-25(12-10-23)30(28,29)17-4-2-3-16(20)19(17)21/h2-4,15H,5-13H2,1H3,(H,22,27). The molecule has 0 saturated carbocycles. The van der Waals surface area contributed by atoms with E-state index in [1.165, 1.54) is 10.4 Å². The van der Waals surface area contributed by atoms with Gasteiger partial charge in [-0.1, -0.05) is 29.3 Å². The molecule has 0 aliphatic carbocycles. The fourth-order valence-corrected chi connectivity index (χ4v) is 5.92. The average molecular weight is 477 g/mol. The van der Waals surface area contributed by atoms with E-state index in [0.717, 1.165) is 12.8 Å². The molecule has 1 aromatic carbocycles. The second-order valence-corrected chi connectivity index (χ2v) is 10.3. The number of benzene rings is 1. The first-order valence-electron chi connectivity index (χ1n) is 9.90. The molecule has 11 heteroatoms. The van der Waals surface area contributed by atoms with Crippen LogP contribution in [0.15, 0.2) is 23.1 Å². The van der Waals surface area contributed by atoms with Crippen LogP contribution in [0.2, 0.25) is 10.0 Å². The van der Waals surface area contributed by atoms with Gasteiger partial charge < -0.3 is 10.2 Å². The van der Waals surface area contributed by atoms with Crippen LogP contribution in [0, 0.1) is 0 Å². The number of rotatable bonds is 5. The Hall–Kier alpha value is -1.39. The number of sulfonamides is 1. The molecule has 2 amide bonds. The monoisotopic (exact) mass is 476 g/mol. The summed E-state index contributed by atoms with van der Waals surface area (Å²) in [5.74, 6) is -0.0165. The molecule has 0 spiro atoms. The number of piperidine rings is 1. The quantitative estimate of drug-likeness (QED) is 0.693. The highest BCUT2D eigenvalue weighted by atomic mass is 35.5. The topological polar surface area (TPSA) is 90.0 Å². The minimum Gasteiger partial charge on any atom is -0.352 e. The van der Waals surface area contributed by atoms with E-state index in [-0.39, 0.29) is 52.4 Å². The van der Waals surface area contributed by atoms with Gasteiger partial charge in [-0.05, 0) is 25.0 Å². The van der Waals surface area contributed by atoms with Crippen LogP contribution < -0.4 is 5.32 Å². The largest absolute Gasteiger partial charge is 0.352 e. The number of likely N-dealkylation sites (tertiary alicyclic amines) is 1. The van der Waals surface area contributed by atoms with Gasteiger partial charge >= 0.3 is 0 Å². The predicted molar refractivity (Wildman–Crippen MR) is 115 cm³/mol. The van der Waals surface area contributed by atoms with Gasteiger partial charge in [-0.15, -0.1) is 0 Å². The molecule has 3 rings (SSSR count). The van der Waals surface area contributed by atoms with Crippen LogP contribution in [0.1, 0.15) is 19.8 Å². The maximum Gasteiger partial charge on any atom is 0.244 e. The van der Waals surface area contributed by atoms with E-state index in [1.807, 2.05) is 4.90 Å². The zero-order valence-electron chi connectivity index (χ0n) is 16.8. The van der Waals surface area contributed by atoms with Crippen molar-refractivity contribution in [3.63, 3.8) is 0 Å². The number of halogens is 2. The van der Waals surface area contributed by atoms with Gasteiger partial charge in [0.05, 0.1) is 16.6 Å². The summed E-state index contributed by atoms with van der Waals surface area (Å²) in [5.41, 5.74) is 0. The smallest absolute Gasteiger partial charge is 0.244 e. The Balaban J connectivity index is 1.48. The highest BCUT2D eigenvalue weighted by Gasteiger charge is 2.31. The lowest BCUT2D eigenvalue weighted by atomic mass is 10.1. The minimum absolute atomic E-state index is 0.000219. The molecule has 0 aromatic heterocycles. The van der Waals surface area contributed by atoms with Crippen molar-refractivity contribution < 1.29 is 18.0 Å². The van der Waals surface area contributed by atoms with E-state index >= 15 is 0 Å². The fourth-order valence-electron chi connectivity index (χ4n) is 3.77. The molecule has 0 unspecified atom stereocenters. The molecule has 0 atom stereocenters. The van der Waals surface area contributed by atoms with E-state index in [9.17, 15) is 18.0 Å². The van der Waals surface area contributed by atoms with Crippen LogP contribution in [0.4, 0.5) is 0 Å². The molecule has 166 valence electrons. The number of nitrogens with one attached hydrogen (secondary N) is 1. The van der Waals surface area contributed by atoms with Crippen molar-refractivity contribution in [1.82, 2.24) is 19.4 Å². The summed E-state index contributed by atoms with van der Waals surface area (Å²) in [4.78, 5) is 27.5. The summed E-state index contributed by atoms with van der Waals surface area (Å²) < 4.78 is 27.1. The third-order valence-corrected chi connectivity index (χ3v) is 8.41. The van der Waals surface area contributed by atoms with Crippen LogP contribution in [0.3, 0.4) is 0 Å². The zero-order chi connectivity index (χ0) is 21.9. The van der Waals surface area contributed by atoms with Gasteiger partial charge in [0.2, 0.25) is 21.8 Å². The molecule has 0 radical (unpaired) electrons. The fraction of sp³-hybridized carbons (Fsp3) is 0.579. The number of amides is 2. The first-order valence-corrected chi connectivity index (χ1v) is 12.1. The Morgan fingerprint density at radius 2 is 1.70 bits per heavy atom. The molecular weight excluding hydrogens is 451 g/mol. The van der Waals surface area contributed by atoms with Gasteiger partial charge in [0.25, 0.3) is 0 Å². The van der Waals surface area contributed by atoms with Crippen LogP contribution in [0.25, 0.3) is 0 Å². The van der Waals surface area contributed by atoms with Gasteiger partial charge in [-0.2, -0.15) is 4.31 Å². The van der Waals surface area contributed by atoms with E-state index in [0.29, 0.717) is 26.2 Å². The molecular formula is C19H26Cl2N4O4S. The Labute approximate surface area is 187 Å². The molecule has 2 aliphatic rings. The molecule has 2 fully saturated rings. The van der Waals surface area contributed by atoms with Crippen LogP contribution >= 0.6 is 23.2 Å². The second-order valence-electron chi connectivity index (χ2n) is 7.58.